The Kier molecular flexibility index (Phi) is 14.0. The van der Waals surface area contributed by atoms with E-state index in [9.17, 15) is 19.5 Å². The zero-order valence-electron chi connectivity index (χ0n) is 18.1. The van der Waals surface area contributed by atoms with E-state index in [2.05, 4.69) is 12.2 Å². The van der Waals surface area contributed by atoms with Crippen LogP contribution < -0.4 is 16.8 Å². The Bertz CT molecular complexity index is 480. The van der Waals surface area contributed by atoms with Crippen molar-refractivity contribution in [3.05, 3.63) is 0 Å². The summed E-state index contributed by atoms with van der Waals surface area (Å²) in [6.45, 7) is 7.49. The Labute approximate surface area is 170 Å². The molecule has 4 atom stereocenters. The number of aliphatic hydroxyl groups is 1. The molecule has 0 aromatic rings. The Balaban J connectivity index is 5.01. The van der Waals surface area contributed by atoms with Crippen molar-refractivity contribution < 1.29 is 19.5 Å². The number of carbonyl (C=O) groups is 3. The number of amides is 1. The number of carbonyl (C=O) groups excluding carboxylic acids is 3. The summed E-state index contributed by atoms with van der Waals surface area (Å²) in [5.41, 5.74) is 11.3. The first kappa shape index (κ1) is 26.7. The summed E-state index contributed by atoms with van der Waals surface area (Å²) in [5, 5.41) is 12.7. The molecule has 0 aliphatic heterocycles. The average molecular weight is 400 g/mol. The monoisotopic (exact) mass is 399 g/mol. The summed E-state index contributed by atoms with van der Waals surface area (Å²) < 4.78 is 0. The van der Waals surface area contributed by atoms with E-state index in [1.54, 1.807) is 13.8 Å². The molecular formula is C21H41N3O4. The number of ketones is 2. The van der Waals surface area contributed by atoms with E-state index in [0.29, 0.717) is 13.0 Å². The highest BCUT2D eigenvalue weighted by molar-refractivity contribution is 5.93. The van der Waals surface area contributed by atoms with Crippen LogP contribution in [0.3, 0.4) is 0 Å². The summed E-state index contributed by atoms with van der Waals surface area (Å²) >= 11 is 0. The quantitative estimate of drug-likeness (QED) is 0.291. The minimum absolute atomic E-state index is 0.0174. The van der Waals surface area contributed by atoms with E-state index in [4.69, 9.17) is 11.5 Å². The number of hydrogen-bond acceptors (Lipinski definition) is 6. The number of hydrogen-bond donors (Lipinski definition) is 4. The van der Waals surface area contributed by atoms with Crippen molar-refractivity contribution in [3.63, 3.8) is 0 Å². The molecule has 0 bridgehead atoms. The van der Waals surface area contributed by atoms with Crippen LogP contribution in [0.15, 0.2) is 0 Å². The lowest BCUT2D eigenvalue weighted by atomic mass is 9.86. The van der Waals surface area contributed by atoms with Gasteiger partial charge < -0.3 is 21.9 Å². The van der Waals surface area contributed by atoms with Crippen molar-refractivity contribution >= 4 is 17.5 Å². The first-order chi connectivity index (χ1) is 13.2. The molecule has 0 rings (SSSR count). The summed E-state index contributed by atoms with van der Waals surface area (Å²) in [5.74, 6) is -2.09. The van der Waals surface area contributed by atoms with E-state index in [1.165, 1.54) is 6.92 Å². The van der Waals surface area contributed by atoms with Crippen LogP contribution in [0.1, 0.15) is 72.6 Å². The van der Waals surface area contributed by atoms with Crippen molar-refractivity contribution in [2.75, 3.05) is 13.1 Å². The van der Waals surface area contributed by atoms with Gasteiger partial charge in [0.25, 0.3) is 0 Å². The van der Waals surface area contributed by atoms with Gasteiger partial charge in [-0.15, -0.1) is 0 Å². The fraction of sp³-hybridized carbons (Fsp3) is 0.857. The van der Waals surface area contributed by atoms with E-state index >= 15 is 0 Å². The van der Waals surface area contributed by atoms with Crippen LogP contribution in [-0.2, 0) is 14.4 Å². The zero-order valence-corrected chi connectivity index (χ0v) is 18.1. The predicted octanol–water partition coefficient (Wildman–Crippen LogP) is 1.55. The van der Waals surface area contributed by atoms with Gasteiger partial charge in [-0.1, -0.05) is 46.5 Å². The van der Waals surface area contributed by atoms with Crippen LogP contribution in [-0.4, -0.2) is 47.8 Å². The van der Waals surface area contributed by atoms with Gasteiger partial charge in [-0.2, -0.15) is 0 Å². The molecule has 0 aromatic carbocycles. The topological polar surface area (TPSA) is 136 Å². The van der Waals surface area contributed by atoms with E-state index < -0.39 is 24.0 Å². The zero-order chi connectivity index (χ0) is 21.7. The molecule has 1 amide bonds. The third kappa shape index (κ3) is 9.75. The molecule has 0 fully saturated rings. The molecule has 7 nitrogen and oxygen atoms in total. The number of nitrogens with one attached hydrogen (secondary N) is 1. The maximum Gasteiger partial charge on any atom is 0.226 e. The van der Waals surface area contributed by atoms with Crippen molar-refractivity contribution in [2.45, 2.75) is 84.8 Å². The lowest BCUT2D eigenvalue weighted by Gasteiger charge is -2.25. The second kappa shape index (κ2) is 14.7. The SMILES string of the molecule is CCCCCCC(CCN)C(=O)C[C@H](C(=O)N[C@@H](CN)C(=O)C(C)C)[C@H](C)O. The first-order valence-electron chi connectivity index (χ1n) is 10.6. The molecule has 6 N–H and O–H groups in total. The molecule has 28 heavy (non-hydrogen) atoms. The first-order valence-corrected chi connectivity index (χ1v) is 10.6. The summed E-state index contributed by atoms with van der Waals surface area (Å²) in [6.07, 6.45) is 4.54. The van der Waals surface area contributed by atoms with Gasteiger partial charge in [0.2, 0.25) is 5.91 Å². The molecule has 0 heterocycles. The molecule has 164 valence electrons. The maximum atomic E-state index is 12.8. The molecular weight excluding hydrogens is 358 g/mol. The molecule has 1 unspecified atom stereocenters. The van der Waals surface area contributed by atoms with Crippen LogP contribution >= 0.6 is 0 Å². The molecule has 0 radical (unpaired) electrons. The van der Waals surface area contributed by atoms with Crippen LogP contribution in [0.5, 0.6) is 0 Å². The maximum absolute atomic E-state index is 12.8. The highest BCUT2D eigenvalue weighted by Gasteiger charge is 2.32. The van der Waals surface area contributed by atoms with Gasteiger partial charge >= 0.3 is 0 Å². The standard InChI is InChI=1S/C21H41N3O4/c1-5-6-7-8-9-16(10-11-22)19(26)12-17(15(4)25)21(28)24-18(13-23)20(27)14(2)3/h14-18,25H,5-13,22-23H2,1-4H3,(H,24,28)/t15-,16?,17-,18-/m0/s1. The Hall–Kier alpha value is -1.31. The Morgan fingerprint density at radius 2 is 1.64 bits per heavy atom. The lowest BCUT2D eigenvalue weighted by molar-refractivity contribution is -0.136. The van der Waals surface area contributed by atoms with Crippen molar-refractivity contribution in [1.29, 1.82) is 0 Å². The van der Waals surface area contributed by atoms with Gasteiger partial charge in [-0.3, -0.25) is 14.4 Å². The smallest absolute Gasteiger partial charge is 0.226 e. The van der Waals surface area contributed by atoms with Gasteiger partial charge in [0.1, 0.15) is 5.78 Å². The van der Waals surface area contributed by atoms with Crippen LogP contribution in [0, 0.1) is 17.8 Å². The fourth-order valence-electron chi connectivity index (χ4n) is 3.28. The fourth-order valence-corrected chi connectivity index (χ4v) is 3.28. The number of unbranched alkanes of at least 4 members (excludes halogenated alkanes) is 3. The molecule has 0 aliphatic rings. The molecule has 0 aliphatic carbocycles. The number of Topliss-reactive ketones (excluding diaryl/α,β-unsaturated/α-hetero) is 2. The Morgan fingerprint density at radius 3 is 2.11 bits per heavy atom. The van der Waals surface area contributed by atoms with Crippen LogP contribution in [0.4, 0.5) is 0 Å². The number of rotatable bonds is 16. The summed E-state index contributed by atoms with van der Waals surface area (Å²) in [6, 6.07) is -0.808. The normalized spacial score (nSPS) is 15.7. The molecule has 7 heteroatoms. The molecule has 0 saturated heterocycles. The predicted molar refractivity (Wildman–Crippen MR) is 112 cm³/mol. The highest BCUT2D eigenvalue weighted by Crippen LogP contribution is 2.21. The van der Waals surface area contributed by atoms with E-state index in [-0.39, 0.29) is 36.4 Å². The lowest BCUT2D eigenvalue weighted by Crippen LogP contribution is -2.51. The van der Waals surface area contributed by atoms with Gasteiger partial charge in [-0.25, -0.2) is 0 Å². The molecule has 0 spiro atoms. The van der Waals surface area contributed by atoms with Gasteiger partial charge in [0.05, 0.1) is 18.1 Å². The van der Waals surface area contributed by atoms with Crippen LogP contribution in [0.25, 0.3) is 0 Å². The number of nitrogens with two attached hydrogens (primary N) is 2. The molecule has 0 aromatic heterocycles. The van der Waals surface area contributed by atoms with Crippen molar-refractivity contribution in [2.24, 2.45) is 29.2 Å². The average Bonchev–Trinajstić information content (AvgIpc) is 2.65. The van der Waals surface area contributed by atoms with E-state index in [0.717, 1.165) is 32.1 Å². The number of aliphatic hydroxyl groups excluding tert-OH is 1. The largest absolute Gasteiger partial charge is 0.393 e. The summed E-state index contributed by atoms with van der Waals surface area (Å²) in [7, 11) is 0. The third-order valence-electron chi connectivity index (χ3n) is 5.18. The van der Waals surface area contributed by atoms with Crippen LogP contribution in [0.2, 0.25) is 0 Å². The van der Waals surface area contributed by atoms with Gasteiger partial charge in [-0.05, 0) is 26.3 Å². The van der Waals surface area contributed by atoms with E-state index in [1.807, 2.05) is 0 Å². The minimum Gasteiger partial charge on any atom is -0.393 e. The second-order valence-electron chi connectivity index (χ2n) is 8.00. The summed E-state index contributed by atoms with van der Waals surface area (Å²) in [4.78, 5) is 37.6. The van der Waals surface area contributed by atoms with Gasteiger partial charge in [0.15, 0.2) is 5.78 Å². The Morgan fingerprint density at radius 1 is 1.00 bits per heavy atom. The second-order valence-corrected chi connectivity index (χ2v) is 8.00. The third-order valence-corrected chi connectivity index (χ3v) is 5.18. The highest BCUT2D eigenvalue weighted by atomic mass is 16.3. The minimum atomic E-state index is -1.00. The van der Waals surface area contributed by atoms with Gasteiger partial charge in [0, 0.05) is 24.8 Å². The van der Waals surface area contributed by atoms with Crippen molar-refractivity contribution in [3.8, 4) is 0 Å². The molecule has 0 saturated carbocycles. The van der Waals surface area contributed by atoms with Crippen molar-refractivity contribution in [1.82, 2.24) is 5.32 Å².